The topological polar surface area (TPSA) is 88.6 Å². The number of nitrogens with two attached hydrogens (primary N) is 1. The van der Waals surface area contributed by atoms with Gasteiger partial charge in [0, 0.05) is 37.2 Å². The molecule has 3 aromatic rings. The van der Waals surface area contributed by atoms with Crippen LogP contribution >= 0.6 is 0 Å². The maximum Gasteiger partial charge on any atom is 0.435 e. The molecular weight excluding hydrogens is 509 g/mol. The average molecular weight is 532 g/mol. The van der Waals surface area contributed by atoms with E-state index in [0.29, 0.717) is 48.1 Å². The molecule has 1 fully saturated rings. The number of alkyl halides is 6. The molecule has 4 rings (SSSR count). The van der Waals surface area contributed by atoms with Gasteiger partial charge in [-0.3, -0.25) is 0 Å². The summed E-state index contributed by atoms with van der Waals surface area (Å²) in [5.41, 5.74) is 1.82. The summed E-state index contributed by atoms with van der Waals surface area (Å²) in [6.07, 6.45) is -8.81. The number of hydrogen-bond acceptors (Lipinski definition) is 4. The molecule has 0 radical (unpaired) electrons. The number of carbonyl (C=O) groups is 1. The highest BCUT2D eigenvalue weighted by molar-refractivity contribution is 5.72. The van der Waals surface area contributed by atoms with E-state index in [1.54, 1.807) is 12.1 Å². The summed E-state index contributed by atoms with van der Waals surface area (Å²) >= 11 is 0. The Labute approximate surface area is 206 Å². The van der Waals surface area contributed by atoms with Crippen LogP contribution in [0.25, 0.3) is 5.65 Å². The van der Waals surface area contributed by atoms with Crippen molar-refractivity contribution in [2.24, 2.45) is 11.7 Å². The minimum atomic E-state index is -4.91. The van der Waals surface area contributed by atoms with Crippen molar-refractivity contribution in [3.63, 3.8) is 0 Å². The van der Waals surface area contributed by atoms with Crippen molar-refractivity contribution in [2.45, 2.75) is 37.5 Å². The third kappa shape index (κ3) is 5.42. The molecule has 1 aliphatic rings. The molecule has 0 unspecified atom stereocenters. The van der Waals surface area contributed by atoms with Gasteiger partial charge in [0.25, 0.3) is 0 Å². The molecule has 1 aliphatic heterocycles. The Balaban J connectivity index is 1.73. The smallest absolute Gasteiger partial charge is 0.369 e. The van der Waals surface area contributed by atoms with Gasteiger partial charge in [-0.15, -0.1) is 0 Å². The summed E-state index contributed by atoms with van der Waals surface area (Å²) in [5, 5.41) is 6.27. The van der Waals surface area contributed by atoms with E-state index < -0.39 is 46.7 Å². The second kappa shape index (κ2) is 9.38. The number of halogens is 7. The van der Waals surface area contributed by atoms with Crippen LogP contribution in [-0.2, 0) is 17.8 Å². The molecule has 1 aromatic carbocycles. The summed E-state index contributed by atoms with van der Waals surface area (Å²) < 4.78 is 94.5. The Kier molecular flexibility index (Phi) is 6.71. The van der Waals surface area contributed by atoms with Crippen molar-refractivity contribution in [3.8, 4) is 0 Å². The van der Waals surface area contributed by atoms with Gasteiger partial charge >= 0.3 is 18.4 Å². The highest BCUT2D eigenvalue weighted by atomic mass is 19.4. The standard InChI is InChI=1S/C23H23F7N6O/c1-21(13-2-4-15(24)5-3-13,14-6-8-35(9-7-14)20(31)37)12-32-18-10-16(22(25,26)27)33-19-11-17(23(28,29)30)34-36(18)19/h2-5,10-11,14,32H,6-9,12H2,1H3,(H2,31,37)/t21-/m0/s1. The van der Waals surface area contributed by atoms with Crippen LogP contribution in [0.5, 0.6) is 0 Å². The first-order chi connectivity index (χ1) is 17.2. The Morgan fingerprint density at radius 2 is 1.62 bits per heavy atom. The molecule has 1 atom stereocenters. The maximum atomic E-state index is 13.6. The molecule has 0 bridgehead atoms. The molecule has 2 aromatic heterocycles. The van der Waals surface area contributed by atoms with Crippen LogP contribution in [0.2, 0.25) is 0 Å². The van der Waals surface area contributed by atoms with Gasteiger partial charge < -0.3 is 16.0 Å². The third-order valence-corrected chi connectivity index (χ3v) is 6.86. The van der Waals surface area contributed by atoms with Crippen LogP contribution in [0.4, 0.5) is 41.3 Å². The number of aromatic nitrogens is 3. The van der Waals surface area contributed by atoms with Crippen LogP contribution < -0.4 is 11.1 Å². The van der Waals surface area contributed by atoms with E-state index in [1.807, 2.05) is 6.92 Å². The third-order valence-electron chi connectivity index (χ3n) is 6.86. The van der Waals surface area contributed by atoms with E-state index in [9.17, 15) is 35.5 Å². The van der Waals surface area contributed by atoms with Crippen LogP contribution in [0.3, 0.4) is 0 Å². The molecule has 14 heteroatoms. The van der Waals surface area contributed by atoms with Crippen LogP contribution in [0, 0.1) is 11.7 Å². The first-order valence-corrected chi connectivity index (χ1v) is 11.3. The number of likely N-dealkylation sites (tertiary alicyclic amines) is 1. The predicted octanol–water partition coefficient (Wildman–Crippen LogP) is 5.07. The lowest BCUT2D eigenvalue weighted by Gasteiger charge is -2.43. The van der Waals surface area contributed by atoms with Crippen molar-refractivity contribution in [1.29, 1.82) is 0 Å². The molecule has 0 spiro atoms. The minimum absolute atomic E-state index is 0.0303. The minimum Gasteiger partial charge on any atom is -0.369 e. The van der Waals surface area contributed by atoms with Crippen LogP contribution in [0.15, 0.2) is 36.4 Å². The Hall–Kier alpha value is -3.58. The first-order valence-electron chi connectivity index (χ1n) is 11.3. The zero-order valence-electron chi connectivity index (χ0n) is 19.5. The van der Waals surface area contributed by atoms with Gasteiger partial charge in [-0.05, 0) is 36.5 Å². The van der Waals surface area contributed by atoms with Crippen LogP contribution in [-0.4, -0.2) is 45.2 Å². The fourth-order valence-corrected chi connectivity index (χ4v) is 4.71. The van der Waals surface area contributed by atoms with Crippen molar-refractivity contribution < 1.29 is 35.5 Å². The largest absolute Gasteiger partial charge is 0.435 e. The van der Waals surface area contributed by atoms with Gasteiger partial charge in [-0.25, -0.2) is 14.2 Å². The van der Waals surface area contributed by atoms with Crippen molar-refractivity contribution in [2.75, 3.05) is 25.0 Å². The molecule has 200 valence electrons. The summed E-state index contributed by atoms with van der Waals surface area (Å²) in [5.74, 6) is -0.941. The molecule has 7 nitrogen and oxygen atoms in total. The fourth-order valence-electron chi connectivity index (χ4n) is 4.71. The van der Waals surface area contributed by atoms with Crippen molar-refractivity contribution >= 4 is 17.5 Å². The SMILES string of the molecule is C[C@](CNc1cc(C(F)(F)F)nc2cc(C(F)(F)F)nn12)(c1ccc(F)cc1)C1CCN(C(N)=O)CC1. The molecule has 37 heavy (non-hydrogen) atoms. The van der Waals surface area contributed by atoms with Gasteiger partial charge in [-0.2, -0.15) is 36.0 Å². The summed E-state index contributed by atoms with van der Waals surface area (Å²) in [6.45, 7) is 2.49. The number of anilines is 1. The van der Waals surface area contributed by atoms with E-state index in [4.69, 9.17) is 5.73 Å². The number of benzene rings is 1. The van der Waals surface area contributed by atoms with Gasteiger partial charge in [0.15, 0.2) is 17.0 Å². The lowest BCUT2D eigenvalue weighted by molar-refractivity contribution is -0.142. The molecular formula is C23H23F7N6O. The summed E-state index contributed by atoms with van der Waals surface area (Å²) in [7, 11) is 0. The molecule has 3 N–H and O–H groups in total. The predicted molar refractivity (Wildman–Crippen MR) is 119 cm³/mol. The van der Waals surface area contributed by atoms with E-state index in [2.05, 4.69) is 15.4 Å². The monoisotopic (exact) mass is 532 g/mol. The number of fused-ring (bicyclic) bond motifs is 1. The first kappa shape index (κ1) is 26.5. The van der Waals surface area contributed by atoms with Crippen molar-refractivity contribution in [1.82, 2.24) is 19.5 Å². The number of primary amides is 1. The number of amides is 2. The van der Waals surface area contributed by atoms with E-state index in [0.717, 1.165) is 0 Å². The van der Waals surface area contributed by atoms with Gasteiger partial charge in [-0.1, -0.05) is 19.1 Å². The quantitative estimate of drug-likeness (QED) is 0.450. The number of nitrogens with one attached hydrogen (secondary N) is 1. The molecule has 1 saturated heterocycles. The number of nitrogens with zero attached hydrogens (tertiary/aromatic N) is 4. The Bertz CT molecular complexity index is 1280. The number of rotatable bonds is 5. The zero-order chi connectivity index (χ0) is 27.2. The zero-order valence-corrected chi connectivity index (χ0v) is 19.5. The normalized spacial score (nSPS) is 17.1. The summed E-state index contributed by atoms with van der Waals surface area (Å²) in [6, 6.07) is 6.08. The fraction of sp³-hybridized carbons (Fsp3) is 0.435. The lowest BCUT2D eigenvalue weighted by atomic mass is 9.68. The second-order valence-electron chi connectivity index (χ2n) is 9.20. The highest BCUT2D eigenvalue weighted by Gasteiger charge is 2.40. The Morgan fingerprint density at radius 3 is 2.16 bits per heavy atom. The Morgan fingerprint density at radius 1 is 1.03 bits per heavy atom. The number of hydrogen-bond donors (Lipinski definition) is 2. The second-order valence-corrected chi connectivity index (χ2v) is 9.20. The van der Waals surface area contributed by atoms with Crippen LogP contribution in [0.1, 0.15) is 36.7 Å². The number of urea groups is 1. The number of piperidine rings is 1. The summed E-state index contributed by atoms with van der Waals surface area (Å²) in [4.78, 5) is 16.3. The number of carbonyl (C=O) groups excluding carboxylic acids is 1. The highest BCUT2D eigenvalue weighted by Crippen LogP contribution is 2.40. The van der Waals surface area contributed by atoms with Gasteiger partial charge in [0.05, 0.1) is 0 Å². The molecule has 2 amide bonds. The van der Waals surface area contributed by atoms with Gasteiger partial charge in [0.2, 0.25) is 0 Å². The lowest BCUT2D eigenvalue weighted by Crippen LogP contribution is -2.48. The van der Waals surface area contributed by atoms with E-state index >= 15 is 0 Å². The molecule has 0 aliphatic carbocycles. The molecule has 0 saturated carbocycles. The van der Waals surface area contributed by atoms with Crippen molar-refractivity contribution in [3.05, 3.63) is 59.2 Å². The van der Waals surface area contributed by atoms with E-state index in [-0.39, 0.29) is 18.3 Å². The average Bonchev–Trinajstić information content (AvgIpc) is 3.27. The van der Waals surface area contributed by atoms with Gasteiger partial charge in [0.1, 0.15) is 11.6 Å². The molecule has 3 heterocycles. The van der Waals surface area contributed by atoms with E-state index in [1.165, 1.54) is 17.0 Å². The maximum absolute atomic E-state index is 13.6.